The standard InChI is InChI=1S/C23H31N3O3S2/c1-5-9-26-19-8-7-18(29-6-2)11-20(19)31-23(26)24-21(27)14-30-15-22(28)25-12-16(3)10-17(4)13-25/h5,7-8,11,16-17H,1,6,9-10,12-15H2,2-4H3. The summed E-state index contributed by atoms with van der Waals surface area (Å²) in [7, 11) is 0. The van der Waals surface area contributed by atoms with Gasteiger partial charge in [-0.15, -0.1) is 18.3 Å². The number of amides is 2. The molecule has 31 heavy (non-hydrogen) atoms. The van der Waals surface area contributed by atoms with Crippen molar-refractivity contribution in [3.8, 4) is 5.75 Å². The highest BCUT2D eigenvalue weighted by Crippen LogP contribution is 2.24. The summed E-state index contributed by atoms with van der Waals surface area (Å²) in [6, 6.07) is 5.88. The fourth-order valence-electron chi connectivity index (χ4n) is 4.02. The molecule has 1 saturated heterocycles. The molecule has 8 heteroatoms. The maximum Gasteiger partial charge on any atom is 0.258 e. The molecule has 1 aromatic carbocycles. The van der Waals surface area contributed by atoms with Crippen LogP contribution in [-0.2, 0) is 16.1 Å². The van der Waals surface area contributed by atoms with Gasteiger partial charge in [-0.3, -0.25) is 9.59 Å². The molecule has 2 aromatic rings. The first-order chi connectivity index (χ1) is 14.9. The van der Waals surface area contributed by atoms with E-state index in [0.29, 0.717) is 35.5 Å². The van der Waals surface area contributed by atoms with Crippen molar-refractivity contribution in [1.29, 1.82) is 0 Å². The first-order valence-corrected chi connectivity index (χ1v) is 12.7. The van der Waals surface area contributed by atoms with Gasteiger partial charge in [-0.2, -0.15) is 4.99 Å². The van der Waals surface area contributed by atoms with Crippen LogP contribution in [0.2, 0.25) is 0 Å². The number of thioether (sulfide) groups is 1. The molecule has 168 valence electrons. The third kappa shape index (κ3) is 6.23. The zero-order valence-electron chi connectivity index (χ0n) is 18.5. The molecule has 0 saturated carbocycles. The van der Waals surface area contributed by atoms with Crippen LogP contribution in [0.25, 0.3) is 10.2 Å². The Morgan fingerprint density at radius 3 is 2.71 bits per heavy atom. The molecule has 6 nitrogen and oxygen atoms in total. The second kappa shape index (κ2) is 11.0. The molecule has 2 atom stereocenters. The van der Waals surface area contributed by atoms with E-state index >= 15 is 0 Å². The lowest BCUT2D eigenvalue weighted by Crippen LogP contribution is -2.43. The van der Waals surface area contributed by atoms with E-state index in [9.17, 15) is 9.59 Å². The van der Waals surface area contributed by atoms with Crippen molar-refractivity contribution in [2.24, 2.45) is 16.8 Å². The molecule has 3 rings (SSSR count). The highest BCUT2D eigenvalue weighted by Gasteiger charge is 2.25. The van der Waals surface area contributed by atoms with Crippen LogP contribution >= 0.6 is 23.1 Å². The Kier molecular flexibility index (Phi) is 8.37. The summed E-state index contributed by atoms with van der Waals surface area (Å²) in [5.41, 5.74) is 0.996. The van der Waals surface area contributed by atoms with E-state index in [1.54, 1.807) is 6.08 Å². The largest absolute Gasteiger partial charge is 0.494 e. The van der Waals surface area contributed by atoms with Gasteiger partial charge < -0.3 is 14.2 Å². The third-order valence-electron chi connectivity index (χ3n) is 5.17. The molecular formula is C23H31N3O3S2. The van der Waals surface area contributed by atoms with Gasteiger partial charge in [0, 0.05) is 19.6 Å². The van der Waals surface area contributed by atoms with Crippen molar-refractivity contribution in [3.63, 3.8) is 0 Å². The van der Waals surface area contributed by atoms with Crippen molar-refractivity contribution in [2.75, 3.05) is 31.2 Å². The number of allylic oxidation sites excluding steroid dienone is 1. The number of hydrogen-bond donors (Lipinski definition) is 0. The Bertz CT molecular complexity index is 1000. The van der Waals surface area contributed by atoms with Gasteiger partial charge in [0.1, 0.15) is 5.75 Å². The van der Waals surface area contributed by atoms with Crippen molar-refractivity contribution >= 4 is 45.1 Å². The lowest BCUT2D eigenvalue weighted by Gasteiger charge is -2.35. The Hall–Kier alpha value is -2.06. The zero-order chi connectivity index (χ0) is 22.4. The zero-order valence-corrected chi connectivity index (χ0v) is 20.1. The number of carbonyl (C=O) groups is 2. The highest BCUT2D eigenvalue weighted by atomic mass is 32.2. The first-order valence-electron chi connectivity index (χ1n) is 10.7. The van der Waals surface area contributed by atoms with Gasteiger partial charge in [-0.1, -0.05) is 31.3 Å². The van der Waals surface area contributed by atoms with Crippen LogP contribution < -0.4 is 9.54 Å². The quantitative estimate of drug-likeness (QED) is 0.559. The molecule has 1 fully saturated rings. The Morgan fingerprint density at radius 1 is 1.29 bits per heavy atom. The normalized spacial score (nSPS) is 19.6. The van der Waals surface area contributed by atoms with Crippen LogP contribution in [0.15, 0.2) is 35.8 Å². The molecule has 0 spiro atoms. The number of hydrogen-bond acceptors (Lipinski definition) is 5. The lowest BCUT2D eigenvalue weighted by molar-refractivity contribution is -0.130. The molecule has 0 bridgehead atoms. The Labute approximate surface area is 192 Å². The fourth-order valence-corrected chi connectivity index (χ4v) is 5.81. The van der Waals surface area contributed by atoms with E-state index < -0.39 is 0 Å². The number of likely N-dealkylation sites (tertiary alicyclic amines) is 1. The van der Waals surface area contributed by atoms with Gasteiger partial charge in [-0.05, 0) is 43.4 Å². The minimum Gasteiger partial charge on any atom is -0.494 e. The van der Waals surface area contributed by atoms with Crippen LogP contribution in [0.4, 0.5) is 0 Å². The molecule has 0 aliphatic carbocycles. The second-order valence-corrected chi connectivity index (χ2v) is 10.1. The average Bonchev–Trinajstić information content (AvgIpc) is 3.04. The summed E-state index contributed by atoms with van der Waals surface area (Å²) in [6.07, 6.45) is 2.96. The third-order valence-corrected chi connectivity index (χ3v) is 7.11. The number of rotatable bonds is 8. The number of thiazole rings is 1. The molecule has 2 heterocycles. The van der Waals surface area contributed by atoms with Crippen molar-refractivity contribution < 1.29 is 14.3 Å². The van der Waals surface area contributed by atoms with E-state index in [4.69, 9.17) is 4.74 Å². The van der Waals surface area contributed by atoms with Crippen molar-refractivity contribution in [2.45, 2.75) is 33.7 Å². The molecule has 2 unspecified atom stereocenters. The molecule has 1 aromatic heterocycles. The van der Waals surface area contributed by atoms with Gasteiger partial charge in [0.05, 0.1) is 28.3 Å². The summed E-state index contributed by atoms with van der Waals surface area (Å²) in [5, 5.41) is 0. The second-order valence-electron chi connectivity index (χ2n) is 8.09. The minimum absolute atomic E-state index is 0.114. The highest BCUT2D eigenvalue weighted by molar-refractivity contribution is 8.00. The lowest BCUT2D eigenvalue weighted by atomic mass is 9.92. The summed E-state index contributed by atoms with van der Waals surface area (Å²) in [6.45, 7) is 12.9. The van der Waals surface area contributed by atoms with Crippen LogP contribution in [0.1, 0.15) is 27.2 Å². The first kappa shape index (κ1) is 23.6. The molecule has 0 N–H and O–H groups in total. The van der Waals surface area contributed by atoms with E-state index in [1.807, 2.05) is 34.6 Å². The number of carbonyl (C=O) groups excluding carboxylic acids is 2. The van der Waals surface area contributed by atoms with E-state index in [2.05, 4.69) is 25.4 Å². The topological polar surface area (TPSA) is 63.9 Å². The number of ether oxygens (including phenoxy) is 1. The number of fused-ring (bicyclic) bond motifs is 1. The van der Waals surface area contributed by atoms with Gasteiger partial charge >= 0.3 is 0 Å². The predicted molar refractivity (Wildman–Crippen MR) is 129 cm³/mol. The molecular weight excluding hydrogens is 430 g/mol. The smallest absolute Gasteiger partial charge is 0.258 e. The Morgan fingerprint density at radius 2 is 2.03 bits per heavy atom. The SMILES string of the molecule is C=CCn1c(=NC(=O)CSCC(=O)N2CC(C)CC(C)C2)sc2cc(OCC)ccc21. The molecule has 0 radical (unpaired) electrons. The van der Waals surface area contributed by atoms with Crippen molar-refractivity contribution in [3.05, 3.63) is 35.7 Å². The number of aromatic nitrogens is 1. The van der Waals surface area contributed by atoms with E-state index in [0.717, 1.165) is 29.1 Å². The summed E-state index contributed by atoms with van der Waals surface area (Å²) in [4.78, 5) is 31.9. The van der Waals surface area contributed by atoms with E-state index in [1.165, 1.54) is 29.5 Å². The van der Waals surface area contributed by atoms with Crippen LogP contribution in [0, 0.1) is 11.8 Å². The van der Waals surface area contributed by atoms with Gasteiger partial charge in [0.2, 0.25) is 5.91 Å². The van der Waals surface area contributed by atoms with Crippen LogP contribution in [-0.4, -0.2) is 52.5 Å². The maximum absolute atomic E-state index is 12.5. The number of nitrogens with zero attached hydrogens (tertiary/aromatic N) is 3. The fraction of sp³-hybridized carbons (Fsp3) is 0.522. The number of benzene rings is 1. The minimum atomic E-state index is -0.229. The summed E-state index contributed by atoms with van der Waals surface area (Å²) >= 11 is 2.80. The predicted octanol–water partition coefficient (Wildman–Crippen LogP) is 3.95. The molecule has 2 amide bonds. The van der Waals surface area contributed by atoms with Crippen molar-refractivity contribution in [1.82, 2.24) is 9.47 Å². The molecule has 1 aliphatic rings. The van der Waals surface area contributed by atoms with E-state index in [-0.39, 0.29) is 17.6 Å². The van der Waals surface area contributed by atoms with Gasteiger partial charge in [0.15, 0.2) is 4.80 Å². The average molecular weight is 462 g/mol. The van der Waals surface area contributed by atoms with Crippen LogP contribution in [0.5, 0.6) is 5.75 Å². The maximum atomic E-state index is 12.5. The summed E-state index contributed by atoms with van der Waals surface area (Å²) < 4.78 is 8.57. The monoisotopic (exact) mass is 461 g/mol. The summed E-state index contributed by atoms with van der Waals surface area (Å²) in [5.74, 6) is 2.26. The van der Waals surface area contributed by atoms with Gasteiger partial charge in [0.25, 0.3) is 5.91 Å². The van der Waals surface area contributed by atoms with Crippen LogP contribution in [0.3, 0.4) is 0 Å². The Balaban J connectivity index is 1.66. The molecule has 1 aliphatic heterocycles. The number of piperidine rings is 1. The van der Waals surface area contributed by atoms with Gasteiger partial charge in [-0.25, -0.2) is 0 Å².